The lowest BCUT2D eigenvalue weighted by molar-refractivity contribution is -0.167. The first-order valence-corrected chi connectivity index (χ1v) is 6.62. The molecule has 1 aromatic rings. The number of rotatable bonds is 1. The summed E-state index contributed by atoms with van der Waals surface area (Å²) in [5.74, 6) is -5.26. The van der Waals surface area contributed by atoms with Crippen LogP contribution in [0, 0.1) is 0 Å². The van der Waals surface area contributed by atoms with Crippen molar-refractivity contribution in [2.45, 2.75) is 25.1 Å². The van der Waals surface area contributed by atoms with Crippen LogP contribution in [-0.2, 0) is 16.1 Å². The highest BCUT2D eigenvalue weighted by Gasteiger charge is 2.52. The number of carbonyl (C=O) groups excluding carboxylic acids is 3. The predicted molar refractivity (Wildman–Crippen MR) is 73.1 cm³/mol. The third kappa shape index (κ3) is 1.81. The molecule has 3 amide bonds. The fourth-order valence-corrected chi connectivity index (χ4v) is 2.78. The molecule has 1 fully saturated rings. The van der Waals surface area contributed by atoms with Crippen molar-refractivity contribution in [1.29, 1.82) is 0 Å². The predicted octanol–water partition coefficient (Wildman–Crippen LogP) is -1.53. The van der Waals surface area contributed by atoms with Crippen LogP contribution in [0.1, 0.15) is 28.8 Å². The van der Waals surface area contributed by atoms with Crippen LogP contribution in [0.4, 0.5) is 5.69 Å². The molecule has 2 heterocycles. The summed E-state index contributed by atoms with van der Waals surface area (Å²) in [5, 5.41) is 41.5. The van der Waals surface area contributed by atoms with E-state index in [0.29, 0.717) is 0 Å². The van der Waals surface area contributed by atoms with Crippen LogP contribution < -0.4 is 11.1 Å². The fourth-order valence-electron chi connectivity index (χ4n) is 2.78. The van der Waals surface area contributed by atoms with Gasteiger partial charge in [0.25, 0.3) is 11.8 Å². The highest BCUT2D eigenvalue weighted by Crippen LogP contribution is 2.49. The summed E-state index contributed by atoms with van der Waals surface area (Å²) >= 11 is 0. The third-order valence-corrected chi connectivity index (χ3v) is 4.11. The van der Waals surface area contributed by atoms with Gasteiger partial charge in [-0.2, -0.15) is 0 Å². The molecule has 1 aromatic carbocycles. The van der Waals surface area contributed by atoms with Gasteiger partial charge in [0.15, 0.2) is 11.5 Å². The maximum atomic E-state index is 12.5. The number of nitrogens with one attached hydrogen (secondary N) is 1. The Balaban J connectivity index is 2.08. The van der Waals surface area contributed by atoms with Gasteiger partial charge in [0.2, 0.25) is 17.4 Å². The van der Waals surface area contributed by atoms with Crippen molar-refractivity contribution in [3.8, 4) is 17.2 Å². The van der Waals surface area contributed by atoms with Gasteiger partial charge in [-0.1, -0.05) is 0 Å². The van der Waals surface area contributed by atoms with Gasteiger partial charge in [0.05, 0.1) is 17.8 Å². The van der Waals surface area contributed by atoms with Crippen molar-refractivity contribution < 1.29 is 34.8 Å². The molecule has 1 atom stereocenters. The van der Waals surface area contributed by atoms with Crippen LogP contribution in [0.2, 0.25) is 0 Å². The average molecular weight is 323 g/mol. The first-order chi connectivity index (χ1) is 10.7. The van der Waals surface area contributed by atoms with Crippen molar-refractivity contribution in [1.82, 2.24) is 10.2 Å². The van der Waals surface area contributed by atoms with Gasteiger partial charge in [-0.05, 0) is 0 Å². The van der Waals surface area contributed by atoms with Crippen molar-refractivity contribution in [3.05, 3.63) is 11.1 Å². The van der Waals surface area contributed by atoms with E-state index in [1.165, 1.54) is 0 Å². The van der Waals surface area contributed by atoms with E-state index in [-0.39, 0.29) is 30.6 Å². The highest BCUT2D eigenvalue weighted by molar-refractivity contribution is 6.09. The zero-order chi connectivity index (χ0) is 17.1. The molecule has 122 valence electrons. The van der Waals surface area contributed by atoms with Gasteiger partial charge in [-0.15, -0.1) is 0 Å². The molecule has 10 nitrogen and oxygen atoms in total. The molecule has 1 saturated heterocycles. The van der Waals surface area contributed by atoms with E-state index in [1.807, 2.05) is 5.32 Å². The number of nitrogens with zero attached hydrogens (tertiary/aromatic N) is 1. The number of piperidine rings is 1. The van der Waals surface area contributed by atoms with Gasteiger partial charge in [0, 0.05) is 18.4 Å². The third-order valence-electron chi connectivity index (χ3n) is 4.11. The van der Waals surface area contributed by atoms with Gasteiger partial charge in [-0.25, -0.2) is 0 Å². The van der Waals surface area contributed by atoms with Gasteiger partial charge in [-0.3, -0.25) is 24.6 Å². The van der Waals surface area contributed by atoms with Gasteiger partial charge < -0.3 is 26.2 Å². The minimum absolute atomic E-state index is 0.0269. The van der Waals surface area contributed by atoms with Crippen LogP contribution in [0.5, 0.6) is 17.2 Å². The molecule has 0 bridgehead atoms. The Labute approximate surface area is 128 Å². The van der Waals surface area contributed by atoms with Crippen LogP contribution in [-0.4, -0.2) is 48.8 Å². The monoisotopic (exact) mass is 323 g/mol. The number of anilines is 1. The number of carbonyl (C=O) groups is 3. The smallest absolute Gasteiger partial charge is 0.279 e. The Morgan fingerprint density at radius 2 is 1.74 bits per heavy atom. The number of nitrogen functional groups attached to an aromatic ring is 1. The average Bonchev–Trinajstić information content (AvgIpc) is 2.85. The summed E-state index contributed by atoms with van der Waals surface area (Å²) in [6, 6.07) is 0. The topological polar surface area (TPSA) is 173 Å². The first-order valence-electron chi connectivity index (χ1n) is 6.62. The maximum Gasteiger partial charge on any atom is 0.279 e. The van der Waals surface area contributed by atoms with E-state index < -0.39 is 46.3 Å². The van der Waals surface area contributed by atoms with Crippen LogP contribution in [0.25, 0.3) is 0 Å². The number of phenols is 3. The van der Waals surface area contributed by atoms with Crippen molar-refractivity contribution >= 4 is 23.4 Å². The Kier molecular flexibility index (Phi) is 2.91. The van der Waals surface area contributed by atoms with Crippen LogP contribution >= 0.6 is 0 Å². The second-order valence-electron chi connectivity index (χ2n) is 5.40. The van der Waals surface area contributed by atoms with Gasteiger partial charge >= 0.3 is 0 Å². The van der Waals surface area contributed by atoms with E-state index in [2.05, 4.69) is 0 Å². The zero-order valence-corrected chi connectivity index (χ0v) is 11.7. The van der Waals surface area contributed by atoms with Gasteiger partial charge in [0.1, 0.15) is 0 Å². The zero-order valence-electron chi connectivity index (χ0n) is 11.7. The van der Waals surface area contributed by atoms with E-state index in [1.54, 1.807) is 0 Å². The van der Waals surface area contributed by atoms with Crippen molar-refractivity contribution in [3.63, 3.8) is 0 Å². The number of imide groups is 1. The summed E-state index contributed by atoms with van der Waals surface area (Å²) in [4.78, 5) is 36.3. The highest BCUT2D eigenvalue weighted by atomic mass is 16.3. The summed E-state index contributed by atoms with van der Waals surface area (Å²) in [7, 11) is 0. The lowest BCUT2D eigenvalue weighted by Gasteiger charge is -2.37. The fraction of sp³-hybridized carbons (Fsp3) is 0.308. The number of hydrogen-bond donors (Lipinski definition) is 6. The van der Waals surface area contributed by atoms with E-state index in [9.17, 15) is 34.8 Å². The quantitative estimate of drug-likeness (QED) is 0.156. The number of aliphatic hydroxyl groups is 1. The Hall–Kier alpha value is -3.01. The molecule has 0 saturated carbocycles. The lowest BCUT2D eigenvalue weighted by atomic mass is 10.00. The Bertz CT molecular complexity index is 776. The van der Waals surface area contributed by atoms with Crippen LogP contribution in [0.3, 0.4) is 0 Å². The second kappa shape index (κ2) is 4.49. The molecule has 23 heavy (non-hydrogen) atoms. The molecule has 0 aliphatic carbocycles. The molecular formula is C13H13N3O7. The first kappa shape index (κ1) is 14.9. The molecule has 1 unspecified atom stereocenters. The number of aromatic hydroxyl groups is 3. The molecule has 0 radical (unpaired) electrons. The molecule has 10 heteroatoms. The maximum absolute atomic E-state index is 12.5. The normalized spacial score (nSPS) is 23.9. The number of nitrogens with two attached hydrogens (primary N) is 1. The van der Waals surface area contributed by atoms with E-state index in [4.69, 9.17) is 5.73 Å². The SMILES string of the molecule is Nc1c(O)c(O)c(O)c2c1CN(C1(O)CCC(=O)NC1=O)C2=O. The number of amides is 3. The summed E-state index contributed by atoms with van der Waals surface area (Å²) in [6.07, 6.45) is -0.504. The van der Waals surface area contributed by atoms with Crippen molar-refractivity contribution in [2.24, 2.45) is 0 Å². The molecular weight excluding hydrogens is 310 g/mol. The molecule has 2 aliphatic heterocycles. The molecule has 2 aliphatic rings. The molecule has 0 spiro atoms. The molecule has 0 aromatic heterocycles. The summed E-state index contributed by atoms with van der Waals surface area (Å²) in [5.41, 5.74) is 2.54. The van der Waals surface area contributed by atoms with Crippen LogP contribution in [0.15, 0.2) is 0 Å². The lowest BCUT2D eigenvalue weighted by Crippen LogP contribution is -2.63. The van der Waals surface area contributed by atoms with E-state index in [0.717, 1.165) is 4.90 Å². The molecule has 3 rings (SSSR count). The number of phenolic OH excluding ortho intramolecular Hbond substituents is 3. The standard InChI is InChI=1S/C13H13N3O7/c14-7-4-3-16(13(23)2-1-5(17)15-12(13)22)11(21)6(4)8(18)10(20)9(7)19/h18-20,23H,1-3,14H2,(H,15,17,22). The number of fused-ring (bicyclic) bond motifs is 1. The summed E-state index contributed by atoms with van der Waals surface area (Å²) < 4.78 is 0. The second-order valence-corrected chi connectivity index (χ2v) is 5.40. The summed E-state index contributed by atoms with van der Waals surface area (Å²) in [6.45, 7) is -0.375. The van der Waals surface area contributed by atoms with Crippen molar-refractivity contribution in [2.75, 3.05) is 5.73 Å². The largest absolute Gasteiger partial charge is 0.504 e. The Morgan fingerprint density at radius 1 is 1.09 bits per heavy atom. The number of hydrogen-bond acceptors (Lipinski definition) is 8. The Morgan fingerprint density at radius 3 is 2.35 bits per heavy atom. The number of benzene rings is 1. The minimum Gasteiger partial charge on any atom is -0.504 e. The minimum atomic E-state index is -2.30. The molecule has 7 N–H and O–H groups in total. The van der Waals surface area contributed by atoms with E-state index >= 15 is 0 Å².